The van der Waals surface area contributed by atoms with Crippen LogP contribution >= 0.6 is 35.0 Å². The summed E-state index contributed by atoms with van der Waals surface area (Å²) in [4.78, 5) is 4.26. The van der Waals surface area contributed by atoms with Crippen LogP contribution in [0, 0.1) is 22.7 Å². The number of aromatic nitrogens is 1. The number of thioether (sulfide) groups is 1. The van der Waals surface area contributed by atoms with Crippen molar-refractivity contribution < 1.29 is 0 Å². The molecule has 0 aliphatic heterocycles. The van der Waals surface area contributed by atoms with Crippen molar-refractivity contribution in [1.82, 2.24) is 4.98 Å². The Kier molecular flexibility index (Phi) is 4.44. The summed E-state index contributed by atoms with van der Waals surface area (Å²) in [5.41, 5.74) is 0.419. The highest BCUT2D eigenvalue weighted by Gasteiger charge is 2.19. The van der Waals surface area contributed by atoms with E-state index in [2.05, 4.69) is 4.98 Å². The molecule has 0 atom stereocenters. The molecule has 0 aliphatic rings. The van der Waals surface area contributed by atoms with Crippen molar-refractivity contribution in [3.63, 3.8) is 0 Å². The van der Waals surface area contributed by atoms with Crippen molar-refractivity contribution in [2.24, 2.45) is 0 Å². The average Bonchev–Trinajstić information content (AvgIpc) is 2.17. The maximum Gasteiger partial charge on any atom is 0.149 e. The minimum absolute atomic E-state index is 0.0367. The summed E-state index contributed by atoms with van der Waals surface area (Å²) in [6.45, 7) is 3.91. The molecule has 0 saturated carbocycles. The van der Waals surface area contributed by atoms with Crippen molar-refractivity contribution in [2.45, 2.75) is 24.0 Å². The van der Waals surface area contributed by atoms with Crippen LogP contribution in [0.15, 0.2) is 4.90 Å². The number of pyridine rings is 1. The minimum atomic E-state index is 0.0367. The third kappa shape index (κ3) is 2.59. The van der Waals surface area contributed by atoms with E-state index < -0.39 is 0 Å². The molecule has 0 amide bonds. The fraction of sp³-hybridized carbons (Fsp3) is 0.300. The standard InChI is InChI=1S/C10H7Cl2N3S/c1-5(2)16-8-6(3-13)9(11)15-10(12)7(8)4-14/h5H,1-2H3. The van der Waals surface area contributed by atoms with Crippen LogP contribution in [-0.2, 0) is 0 Å². The van der Waals surface area contributed by atoms with Gasteiger partial charge in [0.25, 0.3) is 0 Å². The zero-order chi connectivity index (χ0) is 12.3. The summed E-state index contributed by atoms with van der Waals surface area (Å²) in [7, 11) is 0. The lowest BCUT2D eigenvalue weighted by molar-refractivity contribution is 1.10. The lowest BCUT2D eigenvalue weighted by Crippen LogP contribution is -1.97. The number of halogens is 2. The van der Waals surface area contributed by atoms with Crippen molar-refractivity contribution >= 4 is 35.0 Å². The number of nitriles is 2. The van der Waals surface area contributed by atoms with Crippen molar-refractivity contribution in [3.05, 3.63) is 21.4 Å². The second-order valence-electron chi connectivity index (χ2n) is 3.16. The second kappa shape index (κ2) is 5.41. The lowest BCUT2D eigenvalue weighted by Gasteiger charge is -2.10. The topological polar surface area (TPSA) is 60.5 Å². The van der Waals surface area contributed by atoms with Crippen molar-refractivity contribution in [1.29, 1.82) is 10.5 Å². The molecule has 0 bridgehead atoms. The Morgan fingerprint density at radius 2 is 1.56 bits per heavy atom. The van der Waals surface area contributed by atoms with E-state index in [1.54, 1.807) is 0 Å². The quantitative estimate of drug-likeness (QED) is 0.609. The lowest BCUT2D eigenvalue weighted by atomic mass is 10.2. The molecule has 16 heavy (non-hydrogen) atoms. The molecule has 6 heteroatoms. The van der Waals surface area contributed by atoms with E-state index in [1.165, 1.54) is 11.8 Å². The smallest absolute Gasteiger partial charge is 0.149 e. The highest BCUT2D eigenvalue weighted by atomic mass is 35.5. The molecule has 1 heterocycles. The maximum atomic E-state index is 8.98. The Hall–Kier alpha value is -0.940. The molecule has 1 aromatic rings. The Bertz CT molecular complexity index is 462. The molecule has 0 N–H and O–H groups in total. The van der Waals surface area contributed by atoms with Crippen molar-refractivity contribution in [2.75, 3.05) is 0 Å². The number of hydrogen-bond donors (Lipinski definition) is 0. The van der Waals surface area contributed by atoms with Crippen LogP contribution in [0.3, 0.4) is 0 Å². The van der Waals surface area contributed by atoms with Crippen LogP contribution in [0.1, 0.15) is 25.0 Å². The molecule has 0 unspecified atom stereocenters. The van der Waals surface area contributed by atoms with Crippen LogP contribution < -0.4 is 0 Å². The molecule has 0 spiro atoms. The zero-order valence-corrected chi connectivity index (χ0v) is 10.9. The predicted molar refractivity (Wildman–Crippen MR) is 64.7 cm³/mol. The normalized spacial score (nSPS) is 9.94. The van der Waals surface area contributed by atoms with Gasteiger partial charge in [-0.15, -0.1) is 11.8 Å². The van der Waals surface area contributed by atoms with E-state index in [0.717, 1.165) is 0 Å². The Morgan fingerprint density at radius 1 is 1.12 bits per heavy atom. The summed E-state index contributed by atoms with van der Waals surface area (Å²) in [5, 5.41) is 18.3. The summed E-state index contributed by atoms with van der Waals surface area (Å²) in [6, 6.07) is 3.89. The van der Waals surface area contributed by atoms with E-state index in [1.807, 2.05) is 26.0 Å². The molecule has 1 aromatic heterocycles. The van der Waals surface area contributed by atoms with Gasteiger partial charge in [-0.2, -0.15) is 10.5 Å². The monoisotopic (exact) mass is 271 g/mol. The number of hydrogen-bond acceptors (Lipinski definition) is 4. The first-order chi connectivity index (χ1) is 7.51. The van der Waals surface area contributed by atoms with Gasteiger partial charge < -0.3 is 0 Å². The van der Waals surface area contributed by atoms with Gasteiger partial charge in [-0.05, 0) is 0 Å². The largest absolute Gasteiger partial charge is 0.222 e. The highest BCUT2D eigenvalue weighted by Crippen LogP contribution is 2.35. The van der Waals surface area contributed by atoms with Crippen LogP contribution in [-0.4, -0.2) is 10.2 Å². The summed E-state index contributed by atoms with van der Waals surface area (Å²) < 4.78 is 0. The van der Waals surface area contributed by atoms with Gasteiger partial charge in [0.05, 0.1) is 0 Å². The van der Waals surface area contributed by atoms with Gasteiger partial charge in [0.15, 0.2) is 0 Å². The van der Waals surface area contributed by atoms with Crippen LogP contribution in [0.25, 0.3) is 0 Å². The molecule has 82 valence electrons. The molecule has 0 aliphatic carbocycles. The van der Waals surface area contributed by atoms with E-state index in [-0.39, 0.29) is 26.7 Å². The molecular formula is C10H7Cl2N3S. The molecule has 3 nitrogen and oxygen atoms in total. The molecule has 0 saturated heterocycles. The second-order valence-corrected chi connectivity index (χ2v) is 5.47. The zero-order valence-electron chi connectivity index (χ0n) is 8.58. The van der Waals surface area contributed by atoms with Gasteiger partial charge in [-0.25, -0.2) is 4.98 Å². The van der Waals surface area contributed by atoms with E-state index in [9.17, 15) is 0 Å². The minimum Gasteiger partial charge on any atom is -0.222 e. The van der Waals surface area contributed by atoms with E-state index >= 15 is 0 Å². The fourth-order valence-electron chi connectivity index (χ4n) is 1.06. The third-order valence-corrected chi connectivity index (χ3v) is 3.30. The SMILES string of the molecule is CC(C)Sc1c(C#N)c(Cl)nc(Cl)c1C#N. The van der Waals surface area contributed by atoms with Crippen LogP contribution in [0.4, 0.5) is 0 Å². The van der Waals surface area contributed by atoms with Crippen LogP contribution in [0.5, 0.6) is 0 Å². The molecule has 0 aromatic carbocycles. The van der Waals surface area contributed by atoms with Crippen molar-refractivity contribution in [3.8, 4) is 12.1 Å². The summed E-state index contributed by atoms with van der Waals surface area (Å²) >= 11 is 13.0. The van der Waals surface area contributed by atoms with Gasteiger partial charge in [-0.3, -0.25) is 0 Å². The predicted octanol–water partition coefficient (Wildman–Crippen LogP) is 3.63. The molecule has 1 rings (SSSR count). The molecule has 0 radical (unpaired) electrons. The number of rotatable bonds is 2. The fourth-order valence-corrected chi connectivity index (χ4v) is 2.65. The first-order valence-corrected chi connectivity index (χ1v) is 6.00. The Morgan fingerprint density at radius 3 is 1.88 bits per heavy atom. The molecular weight excluding hydrogens is 265 g/mol. The first kappa shape index (κ1) is 13.1. The Labute approximate surface area is 108 Å². The Balaban J connectivity index is 3.52. The van der Waals surface area contributed by atoms with Gasteiger partial charge in [0.2, 0.25) is 0 Å². The van der Waals surface area contributed by atoms with Gasteiger partial charge in [0.1, 0.15) is 33.6 Å². The highest BCUT2D eigenvalue weighted by molar-refractivity contribution is 8.00. The first-order valence-electron chi connectivity index (χ1n) is 4.37. The molecule has 0 fully saturated rings. The number of nitrogens with zero attached hydrogens (tertiary/aromatic N) is 3. The van der Waals surface area contributed by atoms with Crippen LogP contribution in [0.2, 0.25) is 10.3 Å². The van der Waals surface area contributed by atoms with Gasteiger partial charge in [0, 0.05) is 10.1 Å². The average molecular weight is 272 g/mol. The van der Waals surface area contributed by atoms with Gasteiger partial charge >= 0.3 is 0 Å². The van der Waals surface area contributed by atoms with E-state index in [4.69, 9.17) is 33.7 Å². The maximum absolute atomic E-state index is 8.98. The third-order valence-electron chi connectivity index (χ3n) is 1.64. The summed E-state index contributed by atoms with van der Waals surface area (Å²) in [5.74, 6) is 0. The van der Waals surface area contributed by atoms with Gasteiger partial charge in [-0.1, -0.05) is 37.0 Å². The van der Waals surface area contributed by atoms with E-state index in [0.29, 0.717) is 4.90 Å². The summed E-state index contributed by atoms with van der Waals surface area (Å²) in [6.07, 6.45) is 0.